The molecule has 0 aromatic heterocycles. The highest BCUT2D eigenvalue weighted by atomic mass is 16.6. The number of ether oxygens (including phenoxy) is 2. The van der Waals surface area contributed by atoms with Gasteiger partial charge in [-0.1, -0.05) is 44.7 Å². The summed E-state index contributed by atoms with van der Waals surface area (Å²) in [5, 5.41) is 0. The molecule has 0 spiro atoms. The van der Waals surface area contributed by atoms with Gasteiger partial charge in [0.1, 0.15) is 6.10 Å². The van der Waals surface area contributed by atoms with Gasteiger partial charge in [0.15, 0.2) is 0 Å². The molecule has 1 atom stereocenters. The predicted molar refractivity (Wildman–Crippen MR) is 132 cm³/mol. The standard InChI is InChI=1S/C30H44O3/c1-2-3-21-4-6-22(7-5-21)23-8-10-24(11-9-23)25-12-14-27(15-13-25)30(31)33-28-18-16-26(17-19-28)29-20-32-29/h12-15,21-24,26,28-29H,2-11,16-20H2,1H3. The molecular weight excluding hydrogens is 408 g/mol. The summed E-state index contributed by atoms with van der Waals surface area (Å²) in [6.07, 6.45) is 18.9. The van der Waals surface area contributed by atoms with Crippen molar-refractivity contribution >= 4 is 5.97 Å². The minimum atomic E-state index is -0.143. The van der Waals surface area contributed by atoms with Crippen molar-refractivity contribution in [3.05, 3.63) is 35.4 Å². The summed E-state index contributed by atoms with van der Waals surface area (Å²) in [6, 6.07) is 8.39. The van der Waals surface area contributed by atoms with E-state index in [1.165, 1.54) is 69.8 Å². The molecule has 0 radical (unpaired) electrons. The molecule has 0 bridgehead atoms. The Labute approximate surface area is 201 Å². The highest BCUT2D eigenvalue weighted by Gasteiger charge is 2.36. The predicted octanol–water partition coefficient (Wildman–Crippen LogP) is 7.68. The van der Waals surface area contributed by atoms with Gasteiger partial charge in [0.2, 0.25) is 0 Å². The van der Waals surface area contributed by atoms with E-state index in [-0.39, 0.29) is 12.1 Å². The van der Waals surface area contributed by atoms with E-state index in [4.69, 9.17) is 9.47 Å². The second kappa shape index (κ2) is 10.9. The lowest BCUT2D eigenvalue weighted by molar-refractivity contribution is 0.0152. The molecule has 3 heteroatoms. The lowest BCUT2D eigenvalue weighted by Gasteiger charge is -2.38. The van der Waals surface area contributed by atoms with Crippen LogP contribution in [0.4, 0.5) is 0 Å². The second-order valence-electron chi connectivity index (χ2n) is 11.6. The number of esters is 1. The molecule has 3 nitrogen and oxygen atoms in total. The summed E-state index contributed by atoms with van der Waals surface area (Å²) in [5.41, 5.74) is 2.13. The Morgan fingerprint density at radius 3 is 1.97 bits per heavy atom. The lowest BCUT2D eigenvalue weighted by atomic mass is 9.68. The van der Waals surface area contributed by atoms with Gasteiger partial charge in [-0.2, -0.15) is 0 Å². The Bertz CT molecular complexity index is 743. The normalized spacial score (nSPS) is 36.8. The molecule has 5 rings (SSSR count). The molecule has 3 aliphatic carbocycles. The van der Waals surface area contributed by atoms with Crippen molar-refractivity contribution in [3.63, 3.8) is 0 Å². The molecule has 1 aromatic carbocycles. The van der Waals surface area contributed by atoms with Crippen molar-refractivity contribution in [1.29, 1.82) is 0 Å². The van der Waals surface area contributed by atoms with E-state index in [0.29, 0.717) is 23.5 Å². The average molecular weight is 453 g/mol. The van der Waals surface area contributed by atoms with Crippen molar-refractivity contribution in [2.45, 2.75) is 115 Å². The third kappa shape index (κ3) is 6.02. The third-order valence-corrected chi connectivity index (χ3v) is 9.52. The van der Waals surface area contributed by atoms with Crippen LogP contribution in [-0.2, 0) is 9.47 Å². The van der Waals surface area contributed by atoms with Crippen LogP contribution < -0.4 is 0 Å². The van der Waals surface area contributed by atoms with Gasteiger partial charge in [-0.15, -0.1) is 0 Å². The maximum Gasteiger partial charge on any atom is 0.338 e. The zero-order chi connectivity index (χ0) is 22.6. The Kier molecular flexibility index (Phi) is 7.75. The molecule has 0 amide bonds. The van der Waals surface area contributed by atoms with Crippen LogP contribution in [0.5, 0.6) is 0 Å². The number of carbonyl (C=O) groups excluding carboxylic acids is 1. The smallest absolute Gasteiger partial charge is 0.338 e. The Hall–Kier alpha value is -1.35. The molecule has 4 aliphatic rings. The van der Waals surface area contributed by atoms with E-state index in [1.807, 2.05) is 12.1 Å². The first kappa shape index (κ1) is 23.4. The Balaban J connectivity index is 1.05. The topological polar surface area (TPSA) is 38.8 Å². The van der Waals surface area contributed by atoms with Gasteiger partial charge in [0.05, 0.1) is 18.3 Å². The van der Waals surface area contributed by atoms with Crippen LogP contribution in [0.1, 0.15) is 119 Å². The van der Waals surface area contributed by atoms with Crippen molar-refractivity contribution in [1.82, 2.24) is 0 Å². The summed E-state index contributed by atoms with van der Waals surface area (Å²) in [5.74, 6) is 4.17. The minimum Gasteiger partial charge on any atom is -0.459 e. The lowest BCUT2D eigenvalue weighted by Crippen LogP contribution is -2.26. The van der Waals surface area contributed by atoms with E-state index < -0.39 is 0 Å². The first-order chi connectivity index (χ1) is 16.2. The molecule has 1 heterocycles. The van der Waals surface area contributed by atoms with E-state index >= 15 is 0 Å². The second-order valence-corrected chi connectivity index (χ2v) is 11.6. The quantitative estimate of drug-likeness (QED) is 0.314. The van der Waals surface area contributed by atoms with Crippen LogP contribution in [0.25, 0.3) is 0 Å². The third-order valence-electron chi connectivity index (χ3n) is 9.52. The fourth-order valence-corrected chi connectivity index (χ4v) is 7.30. The van der Waals surface area contributed by atoms with Crippen LogP contribution in [0.15, 0.2) is 24.3 Å². The van der Waals surface area contributed by atoms with Gasteiger partial charge in [-0.25, -0.2) is 4.79 Å². The molecule has 1 aromatic rings. The van der Waals surface area contributed by atoms with Crippen LogP contribution in [-0.4, -0.2) is 24.8 Å². The summed E-state index contributed by atoms with van der Waals surface area (Å²) in [7, 11) is 0. The minimum absolute atomic E-state index is 0.0829. The molecule has 1 unspecified atom stereocenters. The largest absolute Gasteiger partial charge is 0.459 e. The summed E-state index contributed by atoms with van der Waals surface area (Å²) in [6.45, 7) is 3.27. The van der Waals surface area contributed by atoms with Crippen molar-refractivity contribution in [3.8, 4) is 0 Å². The number of epoxide rings is 1. The molecular formula is C30H44O3. The fourth-order valence-electron chi connectivity index (χ4n) is 7.30. The number of benzene rings is 1. The van der Waals surface area contributed by atoms with Gasteiger partial charge in [0.25, 0.3) is 0 Å². The number of carbonyl (C=O) groups is 1. The average Bonchev–Trinajstić information content (AvgIpc) is 3.71. The fraction of sp³-hybridized carbons (Fsp3) is 0.767. The van der Waals surface area contributed by atoms with Crippen LogP contribution in [0.2, 0.25) is 0 Å². The molecule has 182 valence electrons. The maximum absolute atomic E-state index is 12.7. The van der Waals surface area contributed by atoms with Crippen LogP contribution in [0.3, 0.4) is 0 Å². The molecule has 0 N–H and O–H groups in total. The van der Waals surface area contributed by atoms with E-state index in [1.54, 1.807) is 0 Å². The first-order valence-corrected chi connectivity index (χ1v) is 14.1. The van der Waals surface area contributed by atoms with Crippen molar-refractivity contribution in [2.75, 3.05) is 6.61 Å². The van der Waals surface area contributed by atoms with Crippen LogP contribution in [0, 0.1) is 23.7 Å². The van der Waals surface area contributed by atoms with Crippen molar-refractivity contribution in [2.24, 2.45) is 23.7 Å². The van der Waals surface area contributed by atoms with Gasteiger partial charge < -0.3 is 9.47 Å². The monoisotopic (exact) mass is 452 g/mol. The molecule has 3 saturated carbocycles. The van der Waals surface area contributed by atoms with Gasteiger partial charge >= 0.3 is 5.97 Å². The van der Waals surface area contributed by atoms with Gasteiger partial charge in [0, 0.05) is 0 Å². The van der Waals surface area contributed by atoms with Crippen molar-refractivity contribution < 1.29 is 14.3 Å². The molecule has 1 aliphatic heterocycles. The Morgan fingerprint density at radius 2 is 1.39 bits per heavy atom. The van der Waals surface area contributed by atoms with E-state index in [9.17, 15) is 4.79 Å². The SMILES string of the molecule is CCCC1CCC(C2CCC(c3ccc(C(=O)OC4CCC(C5CO5)CC4)cc3)CC2)CC1. The number of hydrogen-bond donors (Lipinski definition) is 0. The zero-order valence-corrected chi connectivity index (χ0v) is 20.7. The highest BCUT2D eigenvalue weighted by Crippen LogP contribution is 2.44. The molecule has 1 saturated heterocycles. The van der Waals surface area contributed by atoms with Gasteiger partial charge in [-0.05, 0) is 111 Å². The van der Waals surface area contributed by atoms with E-state index in [2.05, 4.69) is 19.1 Å². The first-order valence-electron chi connectivity index (χ1n) is 14.1. The van der Waals surface area contributed by atoms with Crippen LogP contribution >= 0.6 is 0 Å². The zero-order valence-electron chi connectivity index (χ0n) is 20.7. The summed E-state index contributed by atoms with van der Waals surface area (Å²) >= 11 is 0. The van der Waals surface area contributed by atoms with Gasteiger partial charge in [-0.3, -0.25) is 0 Å². The number of rotatable bonds is 7. The molecule has 4 fully saturated rings. The molecule has 33 heavy (non-hydrogen) atoms. The van der Waals surface area contributed by atoms with E-state index in [0.717, 1.165) is 50.0 Å². The number of hydrogen-bond acceptors (Lipinski definition) is 3. The summed E-state index contributed by atoms with van der Waals surface area (Å²) in [4.78, 5) is 12.7. The Morgan fingerprint density at radius 1 is 0.818 bits per heavy atom. The summed E-state index contributed by atoms with van der Waals surface area (Å²) < 4.78 is 11.3. The maximum atomic E-state index is 12.7. The highest BCUT2D eigenvalue weighted by molar-refractivity contribution is 5.89.